The number of carbonyl (C=O) groups is 2. The molecule has 6 nitrogen and oxygen atoms in total. The Morgan fingerprint density at radius 2 is 2.04 bits per heavy atom. The predicted molar refractivity (Wildman–Crippen MR) is 102 cm³/mol. The summed E-state index contributed by atoms with van der Waals surface area (Å²) in [5.41, 5.74) is 1.23. The minimum absolute atomic E-state index is 0. The minimum atomic E-state index is -0.184. The van der Waals surface area contributed by atoms with Gasteiger partial charge in [-0.1, -0.05) is 18.5 Å². The van der Waals surface area contributed by atoms with Crippen molar-refractivity contribution in [2.45, 2.75) is 19.8 Å². The van der Waals surface area contributed by atoms with Crippen LogP contribution < -0.4 is 20.9 Å². The number of nitrogens with zero attached hydrogens (tertiary/aromatic N) is 1. The summed E-state index contributed by atoms with van der Waals surface area (Å²) >= 11 is 6.21. The van der Waals surface area contributed by atoms with Crippen LogP contribution in [-0.2, 0) is 0 Å². The van der Waals surface area contributed by atoms with Crippen LogP contribution in [0.25, 0.3) is 0 Å². The fraction of sp³-hybridized carbons (Fsp3) is 0.529. The Balaban J connectivity index is 0.00000225. The number of rotatable bonds is 4. The van der Waals surface area contributed by atoms with Gasteiger partial charge in [0.1, 0.15) is 0 Å². The second kappa shape index (κ2) is 8.25. The molecule has 25 heavy (non-hydrogen) atoms. The number of amides is 3. The summed E-state index contributed by atoms with van der Waals surface area (Å²) < 4.78 is 0. The van der Waals surface area contributed by atoms with E-state index in [0.717, 1.165) is 25.9 Å². The van der Waals surface area contributed by atoms with Crippen molar-refractivity contribution in [1.82, 2.24) is 16.0 Å². The number of piperidine rings is 1. The monoisotopic (exact) mass is 386 g/mol. The zero-order chi connectivity index (χ0) is 17.2. The molecule has 0 saturated carbocycles. The first-order valence-corrected chi connectivity index (χ1v) is 8.70. The van der Waals surface area contributed by atoms with Crippen molar-refractivity contribution >= 4 is 41.6 Å². The summed E-state index contributed by atoms with van der Waals surface area (Å²) in [6, 6.07) is 4.87. The molecule has 2 heterocycles. The number of carbonyl (C=O) groups excluding carboxylic acids is 2. The van der Waals surface area contributed by atoms with Crippen molar-refractivity contribution in [3.63, 3.8) is 0 Å². The van der Waals surface area contributed by atoms with Gasteiger partial charge in [0.2, 0.25) is 0 Å². The highest BCUT2D eigenvalue weighted by molar-refractivity contribution is 6.34. The molecule has 0 unspecified atom stereocenters. The van der Waals surface area contributed by atoms with Gasteiger partial charge in [-0.05, 0) is 49.5 Å². The summed E-state index contributed by atoms with van der Waals surface area (Å²) in [5, 5.41) is 9.57. The largest absolute Gasteiger partial charge is 0.351 e. The van der Waals surface area contributed by atoms with E-state index in [4.69, 9.17) is 11.6 Å². The van der Waals surface area contributed by atoms with Crippen LogP contribution in [0.2, 0.25) is 5.02 Å². The SMILES string of the molecule is CC1(CNC(=O)c2ccc(Cl)c(N3CCNC3=O)c2)CCNCC1.Cl. The average Bonchev–Trinajstić information content (AvgIpc) is 3.00. The first-order chi connectivity index (χ1) is 11.5. The molecule has 2 aliphatic heterocycles. The van der Waals surface area contributed by atoms with E-state index in [-0.39, 0.29) is 29.8 Å². The lowest BCUT2D eigenvalue weighted by Crippen LogP contribution is -2.42. The molecule has 1 aromatic rings. The summed E-state index contributed by atoms with van der Waals surface area (Å²) in [6.07, 6.45) is 2.10. The molecule has 3 N–H and O–H groups in total. The van der Waals surface area contributed by atoms with Crippen LogP contribution in [-0.4, -0.2) is 44.7 Å². The lowest BCUT2D eigenvalue weighted by Gasteiger charge is -2.34. The van der Waals surface area contributed by atoms with Gasteiger partial charge in [0.25, 0.3) is 5.91 Å². The number of anilines is 1. The summed E-state index contributed by atoms with van der Waals surface area (Å²) in [4.78, 5) is 25.9. The quantitative estimate of drug-likeness (QED) is 0.743. The molecule has 2 aliphatic rings. The second-order valence-corrected chi connectivity index (χ2v) is 7.20. The van der Waals surface area contributed by atoms with E-state index < -0.39 is 0 Å². The third-order valence-corrected chi connectivity index (χ3v) is 5.16. The van der Waals surface area contributed by atoms with Gasteiger partial charge in [-0.15, -0.1) is 12.4 Å². The van der Waals surface area contributed by atoms with Gasteiger partial charge < -0.3 is 16.0 Å². The van der Waals surface area contributed by atoms with Gasteiger partial charge in [0, 0.05) is 25.2 Å². The zero-order valence-corrected chi connectivity index (χ0v) is 15.8. The van der Waals surface area contributed by atoms with Crippen molar-refractivity contribution in [3.8, 4) is 0 Å². The Hall–Kier alpha value is -1.50. The smallest absolute Gasteiger partial charge is 0.322 e. The van der Waals surface area contributed by atoms with Crippen LogP contribution in [0.15, 0.2) is 18.2 Å². The maximum Gasteiger partial charge on any atom is 0.322 e. The van der Waals surface area contributed by atoms with E-state index in [1.165, 1.54) is 0 Å². The van der Waals surface area contributed by atoms with Crippen LogP contribution in [0, 0.1) is 5.41 Å². The van der Waals surface area contributed by atoms with Crippen LogP contribution in [0.4, 0.5) is 10.5 Å². The average molecular weight is 387 g/mol. The molecular formula is C17H24Cl2N4O2. The Kier molecular flexibility index (Phi) is 6.54. The lowest BCUT2D eigenvalue weighted by atomic mass is 9.81. The first kappa shape index (κ1) is 19.8. The third kappa shape index (κ3) is 4.57. The second-order valence-electron chi connectivity index (χ2n) is 6.79. The number of hydrogen-bond acceptors (Lipinski definition) is 3. The third-order valence-electron chi connectivity index (χ3n) is 4.84. The molecule has 2 saturated heterocycles. The maximum absolute atomic E-state index is 12.5. The van der Waals surface area contributed by atoms with Gasteiger partial charge in [0.05, 0.1) is 10.7 Å². The van der Waals surface area contributed by atoms with Crippen molar-refractivity contribution in [3.05, 3.63) is 28.8 Å². The molecule has 2 fully saturated rings. The normalized spacial score (nSPS) is 19.1. The minimum Gasteiger partial charge on any atom is -0.351 e. The van der Waals surface area contributed by atoms with Gasteiger partial charge >= 0.3 is 6.03 Å². The summed E-state index contributed by atoms with van der Waals surface area (Å²) in [5.74, 6) is -0.132. The molecule has 0 spiro atoms. The highest BCUT2D eigenvalue weighted by Gasteiger charge is 2.28. The molecule has 3 rings (SSSR count). The van der Waals surface area contributed by atoms with Crippen LogP contribution in [0.5, 0.6) is 0 Å². The number of benzene rings is 1. The number of nitrogens with one attached hydrogen (secondary N) is 3. The first-order valence-electron chi connectivity index (χ1n) is 8.32. The lowest BCUT2D eigenvalue weighted by molar-refractivity contribution is 0.0922. The van der Waals surface area contributed by atoms with Gasteiger partial charge in [-0.2, -0.15) is 0 Å². The van der Waals surface area contributed by atoms with E-state index in [0.29, 0.717) is 35.9 Å². The Morgan fingerprint density at radius 1 is 1.32 bits per heavy atom. The molecule has 8 heteroatoms. The van der Waals surface area contributed by atoms with Crippen molar-refractivity contribution in [2.24, 2.45) is 5.41 Å². The molecule has 0 aromatic heterocycles. The highest BCUT2D eigenvalue weighted by Crippen LogP contribution is 2.29. The Labute approximate surface area is 159 Å². The van der Waals surface area contributed by atoms with Crippen LogP contribution in [0.3, 0.4) is 0 Å². The zero-order valence-electron chi connectivity index (χ0n) is 14.2. The fourth-order valence-corrected chi connectivity index (χ4v) is 3.38. The molecule has 138 valence electrons. The van der Waals surface area contributed by atoms with Crippen molar-refractivity contribution in [2.75, 3.05) is 37.6 Å². The van der Waals surface area contributed by atoms with Gasteiger partial charge in [-0.25, -0.2) is 4.79 Å². The molecule has 3 amide bonds. The van der Waals surface area contributed by atoms with E-state index >= 15 is 0 Å². The van der Waals surface area contributed by atoms with E-state index in [1.807, 2.05) is 0 Å². The van der Waals surface area contributed by atoms with E-state index in [2.05, 4.69) is 22.9 Å². The van der Waals surface area contributed by atoms with E-state index in [1.54, 1.807) is 23.1 Å². The predicted octanol–water partition coefficient (Wildman–Crippen LogP) is 2.41. The molecule has 0 radical (unpaired) electrons. The van der Waals surface area contributed by atoms with Crippen molar-refractivity contribution < 1.29 is 9.59 Å². The molecule has 0 aliphatic carbocycles. The van der Waals surface area contributed by atoms with Gasteiger partial charge in [0.15, 0.2) is 0 Å². The summed E-state index contributed by atoms with van der Waals surface area (Å²) in [7, 11) is 0. The highest BCUT2D eigenvalue weighted by atomic mass is 35.5. The molecular weight excluding hydrogens is 363 g/mol. The molecule has 0 atom stereocenters. The number of halogens is 2. The van der Waals surface area contributed by atoms with E-state index in [9.17, 15) is 9.59 Å². The topological polar surface area (TPSA) is 73.5 Å². The fourth-order valence-electron chi connectivity index (χ4n) is 3.17. The van der Waals surface area contributed by atoms with Crippen molar-refractivity contribution in [1.29, 1.82) is 0 Å². The van der Waals surface area contributed by atoms with Gasteiger partial charge in [-0.3, -0.25) is 9.69 Å². The summed E-state index contributed by atoms with van der Waals surface area (Å²) in [6.45, 7) is 5.96. The Morgan fingerprint density at radius 3 is 2.68 bits per heavy atom. The Bertz CT molecular complexity index is 648. The van der Waals surface area contributed by atoms with Crippen LogP contribution >= 0.6 is 24.0 Å². The standard InChI is InChI=1S/C17H23ClN4O2.ClH/c1-17(4-6-19-7-5-17)11-21-15(23)12-2-3-13(18)14(10-12)22-9-8-20-16(22)24;/h2-3,10,19H,4-9,11H2,1H3,(H,20,24)(H,21,23);1H. The molecule has 0 bridgehead atoms. The number of urea groups is 1. The maximum atomic E-state index is 12.5. The van der Waals surface area contributed by atoms with Crippen LogP contribution in [0.1, 0.15) is 30.1 Å². The molecule has 1 aromatic carbocycles. The number of hydrogen-bond donors (Lipinski definition) is 3.